The third-order valence-corrected chi connectivity index (χ3v) is 26.6. The Hall–Kier alpha value is 7.19. The SMILES string of the molecule is C.C1CCCC1.C1CCCC1.C=PCl.C=PCl.CP(C)C.C[Si](C)(C)C1CCCC1.C[Si](C)(C)C1CCCC1.C[Si](C)(C)C1C[CH-]CC1.C[Si](C)(C)C1C[CH-]CC1.C[Si](C)(C)Cl.[CH-]1CCCC1.[CH-]1CCCC1.[CH3-].[CH3-].[CH3-].[CH3-].[CH3-].[CH3-].[CH3-].[CH3-].[Fe+2].[Fe+2].[Fe+2].[Fe+2].[Li+].[Li+].[Li+].[Li+]. The van der Waals surface area contributed by atoms with E-state index in [0.29, 0.717) is 23.0 Å². The molecule has 8 saturated carbocycles. The summed E-state index contributed by atoms with van der Waals surface area (Å²) in [6.45, 7) is 42.9. The molecule has 0 radical (unpaired) electrons. The van der Waals surface area contributed by atoms with Crippen LogP contribution in [0.5, 0.6) is 0 Å². The van der Waals surface area contributed by atoms with E-state index in [9.17, 15) is 0 Å². The van der Waals surface area contributed by atoms with Crippen LogP contribution in [-0.2, 0) is 68.3 Å². The van der Waals surface area contributed by atoms with E-state index in [1.807, 2.05) is 0 Å². The largest absolute Gasteiger partial charge is 2.00 e. The number of hydrogen-bond acceptors (Lipinski definition) is 0. The van der Waals surface area contributed by atoms with Crippen molar-refractivity contribution in [3.63, 3.8) is 0 Å². The minimum Gasteiger partial charge on any atom is -0.358 e. The molecule has 0 heterocycles. The minimum absolute atomic E-state index is 0. The first-order valence-electron chi connectivity index (χ1n) is 29.7. The van der Waals surface area contributed by atoms with Gasteiger partial charge in [-0.3, -0.25) is 0 Å². The zero-order chi connectivity index (χ0) is 55.3. The van der Waals surface area contributed by atoms with Crippen molar-refractivity contribution in [1.82, 2.24) is 0 Å². The molecule has 0 amide bonds. The summed E-state index contributed by atoms with van der Waals surface area (Å²) in [5.74, 6) is 0. The van der Waals surface area contributed by atoms with Gasteiger partial charge in [-0.1, -0.05) is 306 Å². The Kier molecular flexibility index (Phi) is 175. The van der Waals surface area contributed by atoms with Gasteiger partial charge in [0.05, 0.1) is 0 Å². The van der Waals surface area contributed by atoms with E-state index in [0.717, 1.165) is 22.2 Å². The van der Waals surface area contributed by atoms with Crippen LogP contribution in [0.2, 0.25) is 120 Å². The Bertz CT molecular complexity index is 948. The quantitative estimate of drug-likeness (QED) is 0.114. The van der Waals surface area contributed by atoms with E-state index in [4.69, 9.17) is 33.6 Å². The van der Waals surface area contributed by atoms with Crippen LogP contribution in [0.15, 0.2) is 0 Å². The van der Waals surface area contributed by atoms with Crippen LogP contribution in [0.25, 0.3) is 0 Å². The molecule has 2 unspecified atom stereocenters. The normalized spacial score (nSPS) is 17.7. The molecule has 8 aliphatic rings. The molecule has 2 atom stereocenters. The fourth-order valence-corrected chi connectivity index (χ4v) is 18.0. The topological polar surface area (TPSA) is 0 Å². The standard InChI is InChI=1S/2C8H18Si.2C8H17Si.2C5H10.2C5H9.C3H9ClSi.C3H9P.2CH2ClP.CH4.8CH3.4Fe.4Li/c4*1-9(2,3)8-6-4-5-7-8;4*1-2-4-5-3-1;1-5(2,3)4;1-4(2)3;2*1-3-2;;;;;;;;;;;;;;;;;/h2*8H,4-7H2,1-3H3;2*4,8H,5-7H2,1-3H3;2*1-5H2;2*1H,2-5H2;1-3H3;1-3H3;2*1H2;1H4;8*1H3;;;;;;;;/q;;2*-1;;;2*-1;;;;;;8*-1;4*+2;4*+1. The van der Waals surface area contributed by atoms with Gasteiger partial charge in [-0.2, -0.15) is 62.4 Å². The van der Waals surface area contributed by atoms with Crippen molar-refractivity contribution in [3.05, 3.63) is 85.1 Å². The average molecular weight is 1580 g/mol. The van der Waals surface area contributed by atoms with Gasteiger partial charge in [0.25, 0.3) is 0 Å². The number of halogens is 3. The summed E-state index contributed by atoms with van der Waals surface area (Å²) in [6, 6.07) is 0. The third-order valence-electron chi connectivity index (χ3n) is 14.6. The summed E-state index contributed by atoms with van der Waals surface area (Å²) in [7, 11) is -2.44. The summed E-state index contributed by atoms with van der Waals surface area (Å²) < 4.78 is 0. The zero-order valence-electron chi connectivity index (χ0n) is 65.1. The van der Waals surface area contributed by atoms with Crippen molar-refractivity contribution < 1.29 is 144 Å². The van der Waals surface area contributed by atoms with Gasteiger partial charge in [-0.05, 0) is 46.2 Å². The van der Waals surface area contributed by atoms with E-state index >= 15 is 0 Å². The number of hydrogen-bond donors (Lipinski definition) is 0. The van der Waals surface area contributed by atoms with Crippen LogP contribution in [0.1, 0.15) is 213 Å². The average Bonchev–Trinajstić information content (AvgIpc) is 4.15. The van der Waals surface area contributed by atoms with Crippen molar-refractivity contribution in [3.8, 4) is 0 Å². The first kappa shape index (κ1) is 153. The van der Waals surface area contributed by atoms with Gasteiger partial charge in [0, 0.05) is 32.3 Å². The summed E-state index contributed by atoms with van der Waals surface area (Å²) >= 11 is 15.4. The second-order valence-electron chi connectivity index (χ2n) is 27.4. The summed E-state index contributed by atoms with van der Waals surface area (Å²) in [6.07, 6.45) is 63.1. The monoisotopic (exact) mass is 1580 g/mol. The fourth-order valence-electron chi connectivity index (χ4n) is 9.88. The maximum Gasteiger partial charge on any atom is 2.00 e. The van der Waals surface area contributed by atoms with E-state index in [1.54, 1.807) is 0 Å². The van der Waals surface area contributed by atoms with Gasteiger partial charge >= 0.3 is 144 Å². The Morgan fingerprint density at radius 3 is 0.534 bits per heavy atom. The molecule has 0 aliphatic heterocycles. The van der Waals surface area contributed by atoms with E-state index in [2.05, 4.69) is 156 Å². The minimum atomic E-state index is -1.14. The predicted octanol–water partition coefficient (Wildman–Crippen LogP) is 18.8. The molecule has 8 rings (SSSR count). The van der Waals surface area contributed by atoms with Crippen LogP contribution >= 0.6 is 56.6 Å². The molecular formula is C69H158Cl3Fe4Li4P3Si5. The molecule has 0 aromatic heterocycles. The van der Waals surface area contributed by atoms with Crippen LogP contribution in [0.4, 0.5) is 0 Å². The molecule has 88 heavy (non-hydrogen) atoms. The van der Waals surface area contributed by atoms with E-state index < -0.39 is 39.7 Å². The molecular weight excluding hydrogens is 1420 g/mol. The van der Waals surface area contributed by atoms with Crippen molar-refractivity contribution in [2.45, 2.75) is 333 Å². The van der Waals surface area contributed by atoms with E-state index in [-0.39, 0.29) is 211 Å². The molecule has 526 valence electrons. The van der Waals surface area contributed by atoms with Gasteiger partial charge < -0.3 is 85.1 Å². The first-order valence-corrected chi connectivity index (χ1v) is 55.2. The molecule has 8 fully saturated rings. The molecule has 0 N–H and O–H groups in total. The Labute approximate surface area is 682 Å². The maximum absolute atomic E-state index is 5.67. The Morgan fingerprint density at radius 1 is 0.318 bits per heavy atom. The molecule has 0 bridgehead atoms. The van der Waals surface area contributed by atoms with Gasteiger partial charge in [0.1, 0.15) is 7.38 Å². The van der Waals surface area contributed by atoms with Gasteiger partial charge in [-0.15, -0.1) is 7.92 Å². The molecule has 8 aliphatic carbocycles. The summed E-state index contributed by atoms with van der Waals surface area (Å²) in [4.78, 5) is 0. The van der Waals surface area contributed by atoms with Crippen LogP contribution < -0.4 is 75.4 Å². The summed E-state index contributed by atoms with van der Waals surface area (Å²) in [5, 5.41) is 0. The molecule has 0 spiro atoms. The second-order valence-corrected chi connectivity index (χ2v) is 61.7. The molecule has 0 aromatic carbocycles. The van der Waals surface area contributed by atoms with Crippen molar-refractivity contribution in [2.75, 3.05) is 20.0 Å². The molecule has 0 aromatic rings. The predicted molar refractivity (Wildman–Crippen MR) is 425 cm³/mol. The second kappa shape index (κ2) is 101. The van der Waals surface area contributed by atoms with Crippen molar-refractivity contribution in [1.29, 1.82) is 0 Å². The van der Waals surface area contributed by atoms with Gasteiger partial charge in [0.2, 0.25) is 0 Å². The smallest absolute Gasteiger partial charge is 0.358 e. The van der Waals surface area contributed by atoms with Crippen LogP contribution in [0, 0.1) is 85.1 Å². The number of rotatable bonds is 4. The van der Waals surface area contributed by atoms with Crippen LogP contribution in [-0.4, -0.2) is 72.3 Å². The van der Waals surface area contributed by atoms with Crippen molar-refractivity contribution >= 4 is 109 Å². The van der Waals surface area contributed by atoms with Crippen LogP contribution in [0.3, 0.4) is 0 Å². The fraction of sp³-hybridized carbons (Fsp3) is 0.797. The third kappa shape index (κ3) is 126. The Morgan fingerprint density at radius 2 is 0.466 bits per heavy atom. The van der Waals surface area contributed by atoms with Gasteiger partial charge in [-0.25, -0.2) is 0 Å². The van der Waals surface area contributed by atoms with Crippen molar-refractivity contribution in [2.24, 2.45) is 0 Å². The first-order chi connectivity index (χ1) is 33.0. The summed E-state index contributed by atoms with van der Waals surface area (Å²) in [5.41, 5.74) is 4.49. The molecule has 0 nitrogen and oxygen atoms in total. The van der Waals surface area contributed by atoms with Gasteiger partial charge in [0.15, 0.2) is 0 Å². The molecule has 0 saturated heterocycles. The maximum atomic E-state index is 5.67. The van der Waals surface area contributed by atoms with E-state index in [1.165, 1.54) is 205 Å². The zero-order valence-corrected chi connectivity index (χ0v) is 79.4. The Balaban J connectivity index is -0.0000000292. The molecule has 19 heteroatoms.